The van der Waals surface area contributed by atoms with Gasteiger partial charge in [0.25, 0.3) is 0 Å². The average Bonchev–Trinajstić information content (AvgIpc) is 2.77. The largest absolute Gasteiger partial charge is 0.342 e. The first-order valence-electron chi connectivity index (χ1n) is 7.13. The van der Waals surface area contributed by atoms with Crippen molar-refractivity contribution in [3.8, 4) is 0 Å². The van der Waals surface area contributed by atoms with Gasteiger partial charge in [-0.3, -0.25) is 4.79 Å². The number of amides is 1. The normalized spacial score (nSPS) is 34.4. The minimum atomic E-state index is -2.97. The molecule has 2 fully saturated rings. The SMILES string of the molecule is CCC1CN(C(=O)C2CCS(=O)(=O)C2)CCC1NC. The predicted octanol–water partition coefficient (Wildman–Crippen LogP) is 0.268. The molecule has 0 saturated carbocycles. The topological polar surface area (TPSA) is 66.5 Å². The van der Waals surface area contributed by atoms with Gasteiger partial charge in [-0.2, -0.15) is 0 Å². The van der Waals surface area contributed by atoms with Crippen LogP contribution < -0.4 is 5.32 Å². The fraction of sp³-hybridized carbons (Fsp3) is 0.923. The molecule has 2 rings (SSSR count). The third-order valence-electron chi connectivity index (χ3n) is 4.52. The van der Waals surface area contributed by atoms with Crippen molar-refractivity contribution in [3.05, 3.63) is 0 Å². The fourth-order valence-corrected chi connectivity index (χ4v) is 5.01. The maximum atomic E-state index is 12.4. The molecule has 0 bridgehead atoms. The smallest absolute Gasteiger partial charge is 0.226 e. The van der Waals surface area contributed by atoms with Crippen LogP contribution in [0.25, 0.3) is 0 Å². The summed E-state index contributed by atoms with van der Waals surface area (Å²) in [4.78, 5) is 14.3. The Labute approximate surface area is 115 Å². The first kappa shape index (κ1) is 14.8. The van der Waals surface area contributed by atoms with Gasteiger partial charge in [0.1, 0.15) is 0 Å². The van der Waals surface area contributed by atoms with Crippen LogP contribution in [-0.2, 0) is 14.6 Å². The van der Waals surface area contributed by atoms with Gasteiger partial charge in [-0.1, -0.05) is 13.3 Å². The van der Waals surface area contributed by atoms with E-state index in [0.29, 0.717) is 18.4 Å². The Kier molecular flexibility index (Phi) is 4.50. The van der Waals surface area contributed by atoms with Gasteiger partial charge in [-0.05, 0) is 25.8 Å². The first-order valence-corrected chi connectivity index (χ1v) is 8.95. The Hall–Kier alpha value is -0.620. The van der Waals surface area contributed by atoms with Crippen LogP contribution >= 0.6 is 0 Å². The highest BCUT2D eigenvalue weighted by Crippen LogP contribution is 2.25. The zero-order valence-electron chi connectivity index (χ0n) is 11.8. The summed E-state index contributed by atoms with van der Waals surface area (Å²) in [6.45, 7) is 3.65. The second kappa shape index (κ2) is 5.79. The van der Waals surface area contributed by atoms with E-state index in [1.165, 1.54) is 0 Å². The van der Waals surface area contributed by atoms with Crippen molar-refractivity contribution in [2.24, 2.45) is 11.8 Å². The zero-order valence-corrected chi connectivity index (χ0v) is 12.6. The first-order chi connectivity index (χ1) is 8.96. The molecule has 0 spiro atoms. The Morgan fingerprint density at radius 1 is 1.37 bits per heavy atom. The fourth-order valence-electron chi connectivity index (χ4n) is 3.27. The standard InChI is InChI=1S/C13H24N2O3S/c1-3-10-8-15(6-4-12(10)14-2)13(16)11-5-7-19(17,18)9-11/h10-12,14H,3-9H2,1-2H3. The summed E-state index contributed by atoms with van der Waals surface area (Å²) in [7, 11) is -1.01. The molecule has 3 atom stereocenters. The summed E-state index contributed by atoms with van der Waals surface area (Å²) in [5.74, 6) is 0.450. The van der Waals surface area contributed by atoms with Crippen LogP contribution in [0.4, 0.5) is 0 Å². The Morgan fingerprint density at radius 2 is 2.11 bits per heavy atom. The van der Waals surface area contributed by atoms with Gasteiger partial charge >= 0.3 is 0 Å². The Balaban J connectivity index is 1.97. The third-order valence-corrected chi connectivity index (χ3v) is 6.29. The van der Waals surface area contributed by atoms with Gasteiger partial charge in [0.05, 0.1) is 17.4 Å². The number of nitrogens with zero attached hydrogens (tertiary/aromatic N) is 1. The van der Waals surface area contributed by atoms with Crippen LogP contribution in [0.15, 0.2) is 0 Å². The van der Waals surface area contributed by atoms with Gasteiger partial charge in [0.2, 0.25) is 5.91 Å². The van der Waals surface area contributed by atoms with Crippen molar-refractivity contribution in [2.75, 3.05) is 31.6 Å². The molecule has 110 valence electrons. The number of rotatable bonds is 3. The summed E-state index contributed by atoms with van der Waals surface area (Å²) < 4.78 is 22.9. The minimum absolute atomic E-state index is 0.0501. The van der Waals surface area contributed by atoms with Crippen molar-refractivity contribution >= 4 is 15.7 Å². The lowest BCUT2D eigenvalue weighted by molar-refractivity contribution is -0.137. The maximum Gasteiger partial charge on any atom is 0.226 e. The quantitative estimate of drug-likeness (QED) is 0.809. The number of carbonyl (C=O) groups is 1. The minimum Gasteiger partial charge on any atom is -0.342 e. The second-order valence-electron chi connectivity index (χ2n) is 5.74. The van der Waals surface area contributed by atoms with Crippen molar-refractivity contribution < 1.29 is 13.2 Å². The molecular formula is C13H24N2O3S. The number of piperidine rings is 1. The molecule has 3 unspecified atom stereocenters. The van der Waals surface area contributed by atoms with E-state index in [1.807, 2.05) is 11.9 Å². The highest BCUT2D eigenvalue weighted by atomic mass is 32.2. The van der Waals surface area contributed by atoms with E-state index in [0.717, 1.165) is 25.9 Å². The Morgan fingerprint density at radius 3 is 2.63 bits per heavy atom. The maximum absolute atomic E-state index is 12.4. The molecule has 2 aliphatic rings. The van der Waals surface area contributed by atoms with Crippen LogP contribution in [0.3, 0.4) is 0 Å². The van der Waals surface area contributed by atoms with E-state index in [2.05, 4.69) is 12.2 Å². The predicted molar refractivity (Wildman–Crippen MR) is 74.6 cm³/mol. The number of nitrogens with one attached hydrogen (secondary N) is 1. The van der Waals surface area contributed by atoms with Gasteiger partial charge < -0.3 is 10.2 Å². The average molecular weight is 288 g/mol. The molecule has 2 aliphatic heterocycles. The van der Waals surface area contributed by atoms with Gasteiger partial charge in [0.15, 0.2) is 9.84 Å². The van der Waals surface area contributed by atoms with Crippen LogP contribution in [0.5, 0.6) is 0 Å². The monoisotopic (exact) mass is 288 g/mol. The molecule has 1 N–H and O–H groups in total. The van der Waals surface area contributed by atoms with Crippen LogP contribution in [-0.4, -0.2) is 56.9 Å². The second-order valence-corrected chi connectivity index (χ2v) is 7.97. The molecule has 1 amide bonds. The van der Waals surface area contributed by atoms with Gasteiger partial charge in [-0.25, -0.2) is 8.42 Å². The molecule has 0 aliphatic carbocycles. The molecule has 0 radical (unpaired) electrons. The zero-order chi connectivity index (χ0) is 14.0. The molecule has 2 heterocycles. The molecule has 5 nitrogen and oxygen atoms in total. The summed E-state index contributed by atoms with van der Waals surface area (Å²) in [5, 5.41) is 3.31. The molecule has 2 saturated heterocycles. The molecule has 6 heteroatoms. The van der Waals surface area contributed by atoms with Crippen LogP contribution in [0.2, 0.25) is 0 Å². The molecule has 0 aromatic carbocycles. The van der Waals surface area contributed by atoms with Crippen molar-refractivity contribution in [1.82, 2.24) is 10.2 Å². The number of hydrogen-bond acceptors (Lipinski definition) is 4. The lowest BCUT2D eigenvalue weighted by atomic mass is 9.89. The van der Waals surface area contributed by atoms with E-state index < -0.39 is 9.84 Å². The lowest BCUT2D eigenvalue weighted by Gasteiger charge is -2.39. The van der Waals surface area contributed by atoms with Gasteiger partial charge in [0, 0.05) is 19.1 Å². The molecule has 0 aromatic heterocycles. The summed E-state index contributed by atoms with van der Waals surface area (Å²) in [5.41, 5.74) is 0. The van der Waals surface area contributed by atoms with Crippen molar-refractivity contribution in [2.45, 2.75) is 32.2 Å². The van der Waals surface area contributed by atoms with Crippen LogP contribution in [0.1, 0.15) is 26.2 Å². The number of carbonyl (C=O) groups excluding carboxylic acids is 1. The van der Waals surface area contributed by atoms with E-state index in [4.69, 9.17) is 0 Å². The highest BCUT2D eigenvalue weighted by molar-refractivity contribution is 7.91. The van der Waals surface area contributed by atoms with Crippen LogP contribution in [0, 0.1) is 11.8 Å². The Bertz CT molecular complexity index is 435. The molecule has 19 heavy (non-hydrogen) atoms. The summed E-state index contributed by atoms with van der Waals surface area (Å²) in [6.07, 6.45) is 2.50. The summed E-state index contributed by atoms with van der Waals surface area (Å²) >= 11 is 0. The van der Waals surface area contributed by atoms with E-state index in [1.54, 1.807) is 0 Å². The summed E-state index contributed by atoms with van der Waals surface area (Å²) in [6, 6.07) is 0.473. The van der Waals surface area contributed by atoms with E-state index in [9.17, 15) is 13.2 Å². The highest BCUT2D eigenvalue weighted by Gasteiger charge is 2.37. The van der Waals surface area contributed by atoms with E-state index in [-0.39, 0.29) is 23.3 Å². The lowest BCUT2D eigenvalue weighted by Crippen LogP contribution is -2.51. The number of likely N-dealkylation sites (tertiary alicyclic amines) is 1. The number of sulfone groups is 1. The third kappa shape index (κ3) is 3.28. The van der Waals surface area contributed by atoms with E-state index >= 15 is 0 Å². The number of hydrogen-bond donors (Lipinski definition) is 1. The van der Waals surface area contributed by atoms with Gasteiger partial charge in [-0.15, -0.1) is 0 Å². The molecule has 0 aromatic rings. The molecular weight excluding hydrogens is 264 g/mol. The van der Waals surface area contributed by atoms with Crippen molar-refractivity contribution in [3.63, 3.8) is 0 Å². The van der Waals surface area contributed by atoms with Crippen molar-refractivity contribution in [1.29, 1.82) is 0 Å².